The standard InChI is InChI=1S/C19H25NO3/c1-10-4-5-11-8-13-12-9-14(22-3)16(21)18-19(12,6-7-20(13)2)15(11)17(10)23-18/h4-5,12-14,16,18,21H,6-9H2,1-3H3/t12-,13-,14+,16?,18-,19-/m0/s1. The van der Waals surface area contributed by atoms with Crippen LogP contribution in [0.15, 0.2) is 12.1 Å². The van der Waals surface area contributed by atoms with Crippen molar-refractivity contribution in [2.45, 2.75) is 56.0 Å². The Morgan fingerprint density at radius 3 is 3.00 bits per heavy atom. The summed E-state index contributed by atoms with van der Waals surface area (Å²) < 4.78 is 12.1. The van der Waals surface area contributed by atoms with Crippen molar-refractivity contribution in [2.75, 3.05) is 20.7 Å². The van der Waals surface area contributed by atoms with Gasteiger partial charge >= 0.3 is 0 Å². The fraction of sp³-hybridized carbons (Fsp3) is 0.684. The molecule has 0 radical (unpaired) electrons. The maximum atomic E-state index is 10.9. The number of aliphatic hydroxyl groups is 1. The molecule has 1 spiro atoms. The highest BCUT2D eigenvalue weighted by atomic mass is 16.5. The number of hydrogen-bond acceptors (Lipinski definition) is 4. The molecule has 2 aliphatic heterocycles. The first-order valence-electron chi connectivity index (χ1n) is 8.78. The zero-order chi connectivity index (χ0) is 15.9. The summed E-state index contributed by atoms with van der Waals surface area (Å²) in [6.45, 7) is 3.21. The number of benzene rings is 1. The average Bonchev–Trinajstić information content (AvgIpc) is 2.90. The Morgan fingerprint density at radius 2 is 2.22 bits per heavy atom. The fourth-order valence-electron chi connectivity index (χ4n) is 6.05. The minimum absolute atomic E-state index is 0.0133. The summed E-state index contributed by atoms with van der Waals surface area (Å²) in [5, 5.41) is 10.9. The van der Waals surface area contributed by atoms with E-state index in [2.05, 4.69) is 31.0 Å². The van der Waals surface area contributed by atoms with Crippen molar-refractivity contribution >= 4 is 0 Å². The van der Waals surface area contributed by atoms with Crippen LogP contribution in [0.5, 0.6) is 5.75 Å². The molecule has 1 N–H and O–H groups in total. The van der Waals surface area contributed by atoms with Gasteiger partial charge in [0.1, 0.15) is 18.0 Å². The Kier molecular flexibility index (Phi) is 2.79. The molecule has 23 heavy (non-hydrogen) atoms. The average molecular weight is 315 g/mol. The van der Waals surface area contributed by atoms with E-state index < -0.39 is 6.10 Å². The number of rotatable bonds is 1. The third kappa shape index (κ3) is 1.53. The molecular formula is C19H25NO3. The third-order valence-electron chi connectivity index (χ3n) is 7.14. The molecular weight excluding hydrogens is 290 g/mol. The SMILES string of the molecule is CO[C@@H]1C[C@H]2[C@@H]3Cc4ccc(C)c5c4[C@@]2(CCN3C)[C@@H](O5)C1O. The first-order chi connectivity index (χ1) is 11.1. The van der Waals surface area contributed by atoms with Gasteiger partial charge < -0.3 is 19.5 Å². The van der Waals surface area contributed by atoms with Crippen LogP contribution in [0.25, 0.3) is 0 Å². The van der Waals surface area contributed by atoms with Gasteiger partial charge in [-0.25, -0.2) is 0 Å². The van der Waals surface area contributed by atoms with E-state index in [1.807, 2.05) is 0 Å². The van der Waals surface area contributed by atoms with Crippen molar-refractivity contribution in [3.05, 3.63) is 28.8 Å². The van der Waals surface area contributed by atoms with Crippen molar-refractivity contribution in [3.8, 4) is 5.75 Å². The van der Waals surface area contributed by atoms with Gasteiger partial charge in [-0.05, 0) is 56.8 Å². The molecule has 1 aromatic rings. The number of aryl methyl sites for hydroxylation is 1. The highest BCUT2D eigenvalue weighted by molar-refractivity contribution is 5.58. The van der Waals surface area contributed by atoms with Crippen LogP contribution < -0.4 is 4.74 Å². The van der Waals surface area contributed by atoms with E-state index in [4.69, 9.17) is 9.47 Å². The van der Waals surface area contributed by atoms with E-state index in [1.54, 1.807) is 7.11 Å². The van der Waals surface area contributed by atoms with Gasteiger partial charge in [0.2, 0.25) is 0 Å². The van der Waals surface area contributed by atoms with Crippen LogP contribution in [0.1, 0.15) is 29.5 Å². The lowest BCUT2D eigenvalue weighted by Gasteiger charge is -2.59. The fourth-order valence-corrected chi connectivity index (χ4v) is 6.05. The van der Waals surface area contributed by atoms with Crippen LogP contribution in [0.4, 0.5) is 0 Å². The lowest BCUT2D eigenvalue weighted by molar-refractivity contribution is -0.159. The summed E-state index contributed by atoms with van der Waals surface area (Å²) in [6, 6.07) is 5.00. The predicted octanol–water partition coefficient (Wildman–Crippen LogP) is 1.65. The molecule has 1 unspecified atom stereocenters. The lowest BCUT2D eigenvalue weighted by Crippen LogP contribution is -2.69. The molecule has 1 aromatic carbocycles. The van der Waals surface area contributed by atoms with Crippen molar-refractivity contribution in [1.82, 2.24) is 4.90 Å². The first-order valence-corrected chi connectivity index (χ1v) is 8.78. The third-order valence-corrected chi connectivity index (χ3v) is 7.14. The highest BCUT2D eigenvalue weighted by Crippen LogP contribution is 2.62. The van der Waals surface area contributed by atoms with Crippen molar-refractivity contribution in [1.29, 1.82) is 0 Å². The van der Waals surface area contributed by atoms with Gasteiger partial charge in [0.25, 0.3) is 0 Å². The van der Waals surface area contributed by atoms with Crippen LogP contribution in [-0.2, 0) is 16.6 Å². The Morgan fingerprint density at radius 1 is 1.39 bits per heavy atom. The number of nitrogens with zero attached hydrogens (tertiary/aromatic N) is 1. The molecule has 2 fully saturated rings. The van der Waals surface area contributed by atoms with Gasteiger partial charge in [0.15, 0.2) is 0 Å². The van der Waals surface area contributed by atoms with E-state index in [0.29, 0.717) is 12.0 Å². The monoisotopic (exact) mass is 315 g/mol. The minimum Gasteiger partial charge on any atom is -0.486 e. The molecule has 6 atom stereocenters. The van der Waals surface area contributed by atoms with Gasteiger partial charge in [-0.1, -0.05) is 12.1 Å². The summed E-state index contributed by atoms with van der Waals surface area (Å²) in [5.74, 6) is 1.56. The number of methoxy groups -OCH3 is 1. The number of likely N-dealkylation sites (N-methyl/N-ethyl adjacent to an activating group) is 1. The highest BCUT2D eigenvalue weighted by Gasteiger charge is 2.67. The summed E-state index contributed by atoms with van der Waals surface area (Å²) in [5.41, 5.74) is 4.04. The van der Waals surface area contributed by atoms with Gasteiger partial charge in [-0.3, -0.25) is 0 Å². The first kappa shape index (κ1) is 14.3. The van der Waals surface area contributed by atoms with E-state index in [0.717, 1.165) is 31.6 Å². The van der Waals surface area contributed by atoms with Crippen LogP contribution in [0.2, 0.25) is 0 Å². The number of likely N-dealkylation sites (tertiary alicyclic amines) is 1. The smallest absolute Gasteiger partial charge is 0.137 e. The number of piperidine rings is 1. The molecule has 4 aliphatic rings. The van der Waals surface area contributed by atoms with Gasteiger partial charge in [-0.15, -0.1) is 0 Å². The van der Waals surface area contributed by atoms with E-state index >= 15 is 0 Å². The molecule has 124 valence electrons. The number of aliphatic hydroxyl groups excluding tert-OH is 1. The zero-order valence-corrected chi connectivity index (χ0v) is 14.1. The Labute approximate surface area is 137 Å². The summed E-state index contributed by atoms with van der Waals surface area (Å²) in [6.07, 6.45) is 2.28. The molecule has 2 bridgehead atoms. The molecule has 0 amide bonds. The molecule has 2 aliphatic carbocycles. The molecule has 4 heteroatoms. The Bertz CT molecular complexity index is 675. The van der Waals surface area contributed by atoms with Crippen LogP contribution in [0.3, 0.4) is 0 Å². The van der Waals surface area contributed by atoms with Gasteiger partial charge in [-0.2, -0.15) is 0 Å². The summed E-state index contributed by atoms with van der Waals surface area (Å²) >= 11 is 0. The minimum atomic E-state index is -0.543. The normalized spacial score (nSPS) is 43.9. The molecule has 1 saturated carbocycles. The van der Waals surface area contributed by atoms with Crippen LogP contribution in [-0.4, -0.2) is 55.1 Å². The second kappa shape index (κ2) is 4.50. The van der Waals surface area contributed by atoms with Crippen LogP contribution in [0, 0.1) is 12.8 Å². The quantitative estimate of drug-likeness (QED) is 0.856. The molecule has 1 saturated heterocycles. The van der Waals surface area contributed by atoms with E-state index in [-0.39, 0.29) is 17.6 Å². The Balaban J connectivity index is 1.77. The maximum Gasteiger partial charge on any atom is 0.137 e. The van der Waals surface area contributed by atoms with Crippen molar-refractivity contribution in [3.63, 3.8) is 0 Å². The number of hydrogen-bond donors (Lipinski definition) is 1. The topological polar surface area (TPSA) is 41.9 Å². The molecule has 0 aromatic heterocycles. The lowest BCUT2D eigenvalue weighted by atomic mass is 9.51. The Hall–Kier alpha value is -1.10. The van der Waals surface area contributed by atoms with E-state index in [9.17, 15) is 5.11 Å². The maximum absolute atomic E-state index is 10.9. The number of ether oxygens (including phenoxy) is 2. The predicted molar refractivity (Wildman–Crippen MR) is 86.9 cm³/mol. The van der Waals surface area contributed by atoms with Gasteiger partial charge in [0, 0.05) is 24.1 Å². The zero-order valence-electron chi connectivity index (χ0n) is 14.1. The summed E-state index contributed by atoms with van der Waals surface area (Å²) in [4.78, 5) is 2.51. The second-order valence-corrected chi connectivity index (χ2v) is 7.93. The molecule has 4 nitrogen and oxygen atoms in total. The van der Waals surface area contributed by atoms with Crippen LogP contribution >= 0.6 is 0 Å². The largest absolute Gasteiger partial charge is 0.486 e. The molecule has 5 rings (SSSR count). The molecule has 2 heterocycles. The van der Waals surface area contributed by atoms with E-state index in [1.165, 1.54) is 16.7 Å². The van der Waals surface area contributed by atoms with Gasteiger partial charge in [0.05, 0.1) is 6.10 Å². The summed E-state index contributed by atoms with van der Waals surface area (Å²) in [7, 11) is 3.96. The van der Waals surface area contributed by atoms with Crippen molar-refractivity contribution < 1.29 is 14.6 Å². The second-order valence-electron chi connectivity index (χ2n) is 7.93. The van der Waals surface area contributed by atoms with Crippen molar-refractivity contribution in [2.24, 2.45) is 5.92 Å².